The summed E-state index contributed by atoms with van der Waals surface area (Å²) in [4.78, 5) is 26.3. The lowest BCUT2D eigenvalue weighted by Gasteiger charge is -2.15. The summed E-state index contributed by atoms with van der Waals surface area (Å²) in [6, 6.07) is 15.9. The van der Waals surface area contributed by atoms with E-state index in [1.165, 1.54) is 37.6 Å². The second-order valence-corrected chi connectivity index (χ2v) is 7.35. The van der Waals surface area contributed by atoms with Crippen LogP contribution in [0.3, 0.4) is 0 Å². The molecule has 35 heavy (non-hydrogen) atoms. The summed E-state index contributed by atoms with van der Waals surface area (Å²) in [7, 11) is 1.51. The highest BCUT2D eigenvalue weighted by atomic mass is 16.6. The number of benzene rings is 3. The van der Waals surface area contributed by atoms with E-state index >= 15 is 0 Å². The summed E-state index contributed by atoms with van der Waals surface area (Å²) in [5, 5.41) is 25.9. The monoisotopic (exact) mass is 477 g/mol. The number of non-ortho nitro benzene ring substituents is 2. The zero-order valence-electron chi connectivity index (χ0n) is 19.0. The minimum Gasteiger partial charge on any atom is -0.493 e. The van der Waals surface area contributed by atoms with Gasteiger partial charge in [0.25, 0.3) is 11.4 Å². The molecule has 0 bridgehead atoms. The van der Waals surface area contributed by atoms with Crippen molar-refractivity contribution in [2.24, 2.45) is 5.16 Å². The normalized spacial score (nSPS) is 10.7. The highest BCUT2D eigenvalue weighted by molar-refractivity contribution is 5.81. The quantitative estimate of drug-likeness (QED) is 0.148. The Labute approximate surface area is 201 Å². The molecule has 0 N–H and O–H groups in total. The van der Waals surface area contributed by atoms with E-state index in [1.807, 2.05) is 6.07 Å². The van der Waals surface area contributed by atoms with E-state index in [4.69, 9.17) is 14.3 Å². The number of oxime groups is 1. The van der Waals surface area contributed by atoms with Gasteiger partial charge in [-0.05, 0) is 29.7 Å². The molecular formula is C25H23N3O7. The topological polar surface area (TPSA) is 126 Å². The molecule has 10 nitrogen and oxygen atoms in total. The smallest absolute Gasteiger partial charge is 0.269 e. The molecule has 0 heterocycles. The second kappa shape index (κ2) is 11.9. The van der Waals surface area contributed by atoms with Gasteiger partial charge in [0.05, 0.1) is 23.2 Å². The van der Waals surface area contributed by atoms with Crippen LogP contribution in [0.4, 0.5) is 11.4 Å². The number of nitro benzene ring substituents is 2. The van der Waals surface area contributed by atoms with Gasteiger partial charge in [-0.1, -0.05) is 35.5 Å². The first kappa shape index (κ1) is 24.9. The summed E-state index contributed by atoms with van der Waals surface area (Å²) in [5.41, 5.74) is 2.69. The number of rotatable bonds is 12. The van der Waals surface area contributed by atoms with Crippen molar-refractivity contribution in [3.05, 3.63) is 116 Å². The minimum atomic E-state index is -0.469. The Morgan fingerprint density at radius 2 is 1.57 bits per heavy atom. The zero-order chi connectivity index (χ0) is 25.2. The van der Waals surface area contributed by atoms with Crippen LogP contribution in [0.15, 0.2) is 78.5 Å². The van der Waals surface area contributed by atoms with Crippen molar-refractivity contribution in [3.63, 3.8) is 0 Å². The van der Waals surface area contributed by atoms with E-state index in [9.17, 15) is 20.2 Å². The number of allylic oxidation sites excluding steroid dienone is 1. The Morgan fingerprint density at radius 1 is 0.943 bits per heavy atom. The van der Waals surface area contributed by atoms with Crippen molar-refractivity contribution in [1.29, 1.82) is 0 Å². The third-order valence-corrected chi connectivity index (χ3v) is 4.87. The molecule has 0 saturated heterocycles. The molecule has 0 aliphatic carbocycles. The van der Waals surface area contributed by atoms with Crippen LogP contribution in [-0.2, 0) is 24.5 Å². The number of nitro groups is 2. The standard InChI is InChI=1S/C25H23N3O7/c1-3-6-21-11-20(15-26-35-17-19-8-5-10-23(13-19)28(31)32)14-24(33-2)25(21)34-16-18-7-4-9-22(12-18)27(29)30/h3-5,7-15H,1,6,16-17H2,2H3/b26-15-. The van der Waals surface area contributed by atoms with Gasteiger partial charge >= 0.3 is 0 Å². The lowest BCUT2D eigenvalue weighted by molar-refractivity contribution is -0.385. The van der Waals surface area contributed by atoms with Crippen LogP contribution in [0.2, 0.25) is 0 Å². The predicted octanol–water partition coefficient (Wildman–Crippen LogP) is 5.37. The highest BCUT2D eigenvalue weighted by Crippen LogP contribution is 2.34. The Bertz CT molecular complexity index is 1260. The maximum atomic E-state index is 11.0. The summed E-state index contributed by atoms with van der Waals surface area (Å²) in [6.45, 7) is 3.96. The molecule has 3 aromatic rings. The molecule has 0 atom stereocenters. The number of hydrogen-bond acceptors (Lipinski definition) is 8. The van der Waals surface area contributed by atoms with Crippen molar-refractivity contribution >= 4 is 17.6 Å². The highest BCUT2D eigenvalue weighted by Gasteiger charge is 2.14. The van der Waals surface area contributed by atoms with Gasteiger partial charge in [-0.15, -0.1) is 6.58 Å². The van der Waals surface area contributed by atoms with Gasteiger partial charge in [-0.2, -0.15) is 0 Å². The van der Waals surface area contributed by atoms with Crippen LogP contribution in [0.5, 0.6) is 11.5 Å². The summed E-state index contributed by atoms with van der Waals surface area (Å²) in [6.07, 6.45) is 3.70. The van der Waals surface area contributed by atoms with E-state index in [1.54, 1.807) is 36.4 Å². The third-order valence-electron chi connectivity index (χ3n) is 4.87. The number of ether oxygens (including phenoxy) is 2. The molecule has 0 aromatic heterocycles. The van der Waals surface area contributed by atoms with Gasteiger partial charge in [0.1, 0.15) is 13.2 Å². The molecular weight excluding hydrogens is 454 g/mol. The SMILES string of the molecule is C=CCc1cc(/C=N\OCc2cccc([N+](=O)[O-])c2)cc(OC)c1OCc1cccc([N+](=O)[O-])c1. The number of methoxy groups -OCH3 is 1. The first-order chi connectivity index (χ1) is 16.9. The molecule has 0 fully saturated rings. The van der Waals surface area contributed by atoms with E-state index in [0.717, 1.165) is 5.56 Å². The fourth-order valence-corrected chi connectivity index (χ4v) is 3.27. The largest absolute Gasteiger partial charge is 0.493 e. The van der Waals surface area contributed by atoms with Crippen LogP contribution < -0.4 is 9.47 Å². The van der Waals surface area contributed by atoms with Crippen molar-refractivity contribution < 1.29 is 24.2 Å². The Kier molecular flexibility index (Phi) is 8.49. The Hall–Kier alpha value is -4.73. The van der Waals surface area contributed by atoms with Gasteiger partial charge in [-0.3, -0.25) is 20.2 Å². The van der Waals surface area contributed by atoms with Crippen LogP contribution in [-0.4, -0.2) is 23.2 Å². The molecule has 3 aromatic carbocycles. The van der Waals surface area contributed by atoms with Crippen LogP contribution in [0.1, 0.15) is 22.3 Å². The lowest BCUT2D eigenvalue weighted by atomic mass is 10.1. The number of nitrogens with zero attached hydrogens (tertiary/aromatic N) is 3. The van der Waals surface area contributed by atoms with Crippen LogP contribution in [0, 0.1) is 20.2 Å². The van der Waals surface area contributed by atoms with Gasteiger partial charge in [0.2, 0.25) is 0 Å². The van der Waals surface area contributed by atoms with Gasteiger partial charge in [0.15, 0.2) is 11.5 Å². The fraction of sp³-hybridized carbons (Fsp3) is 0.160. The van der Waals surface area contributed by atoms with Crippen LogP contribution >= 0.6 is 0 Å². The fourth-order valence-electron chi connectivity index (χ4n) is 3.27. The first-order valence-electron chi connectivity index (χ1n) is 10.5. The maximum absolute atomic E-state index is 11.0. The van der Waals surface area contributed by atoms with Crippen molar-refractivity contribution in [2.75, 3.05) is 7.11 Å². The molecule has 0 radical (unpaired) electrons. The molecule has 0 spiro atoms. The van der Waals surface area contributed by atoms with E-state index in [0.29, 0.717) is 34.6 Å². The average molecular weight is 477 g/mol. The van der Waals surface area contributed by atoms with Crippen molar-refractivity contribution in [1.82, 2.24) is 0 Å². The van der Waals surface area contributed by atoms with Crippen LogP contribution in [0.25, 0.3) is 0 Å². The molecule has 3 rings (SSSR count). The summed E-state index contributed by atoms with van der Waals surface area (Å²) >= 11 is 0. The molecule has 10 heteroatoms. The average Bonchev–Trinajstić information content (AvgIpc) is 2.86. The van der Waals surface area contributed by atoms with Gasteiger partial charge in [-0.25, -0.2) is 0 Å². The second-order valence-electron chi connectivity index (χ2n) is 7.35. The summed E-state index contributed by atoms with van der Waals surface area (Å²) < 4.78 is 11.5. The molecule has 0 unspecified atom stereocenters. The molecule has 0 saturated carbocycles. The van der Waals surface area contributed by atoms with Gasteiger partial charge in [0, 0.05) is 35.4 Å². The lowest BCUT2D eigenvalue weighted by Crippen LogP contribution is -2.03. The predicted molar refractivity (Wildman–Crippen MR) is 130 cm³/mol. The van der Waals surface area contributed by atoms with Crippen molar-refractivity contribution in [2.45, 2.75) is 19.6 Å². The molecule has 180 valence electrons. The third kappa shape index (κ3) is 6.87. The molecule has 0 aliphatic heterocycles. The minimum absolute atomic E-state index is 0.0129. The van der Waals surface area contributed by atoms with Gasteiger partial charge < -0.3 is 14.3 Å². The zero-order valence-corrected chi connectivity index (χ0v) is 19.0. The summed E-state index contributed by atoms with van der Waals surface area (Å²) in [5.74, 6) is 0.948. The molecule has 0 aliphatic rings. The number of hydrogen-bond donors (Lipinski definition) is 0. The van der Waals surface area contributed by atoms with Crippen molar-refractivity contribution in [3.8, 4) is 11.5 Å². The van der Waals surface area contributed by atoms with E-state index in [-0.39, 0.29) is 24.6 Å². The Balaban J connectivity index is 1.74. The molecule has 0 amide bonds. The first-order valence-corrected chi connectivity index (χ1v) is 10.5. The van der Waals surface area contributed by atoms with E-state index < -0.39 is 9.85 Å². The van der Waals surface area contributed by atoms with E-state index in [2.05, 4.69) is 11.7 Å². The Morgan fingerprint density at radius 3 is 2.14 bits per heavy atom. The maximum Gasteiger partial charge on any atom is 0.269 e.